The third-order valence-electron chi connectivity index (χ3n) is 3.33. The van der Waals surface area contributed by atoms with Crippen LogP contribution in [0.3, 0.4) is 0 Å². The molecule has 0 fully saturated rings. The summed E-state index contributed by atoms with van der Waals surface area (Å²) in [5, 5.41) is 13.6. The van der Waals surface area contributed by atoms with Crippen molar-refractivity contribution in [3.8, 4) is 11.5 Å². The lowest BCUT2D eigenvalue weighted by Crippen LogP contribution is -2.23. The highest BCUT2D eigenvalue weighted by Crippen LogP contribution is 2.37. The van der Waals surface area contributed by atoms with Crippen molar-refractivity contribution in [2.24, 2.45) is 0 Å². The predicted molar refractivity (Wildman–Crippen MR) is 97.2 cm³/mol. The lowest BCUT2D eigenvalue weighted by molar-refractivity contribution is 0.191. The van der Waals surface area contributed by atoms with E-state index in [4.69, 9.17) is 32.7 Å². The number of benzene rings is 2. The van der Waals surface area contributed by atoms with E-state index < -0.39 is 6.10 Å². The van der Waals surface area contributed by atoms with E-state index in [1.54, 1.807) is 14.0 Å². The van der Waals surface area contributed by atoms with Gasteiger partial charge in [0.2, 0.25) is 0 Å². The minimum atomic E-state index is -0.400. The Balaban J connectivity index is 2.09. The van der Waals surface area contributed by atoms with Crippen molar-refractivity contribution in [2.45, 2.75) is 26.2 Å². The van der Waals surface area contributed by atoms with Crippen LogP contribution in [-0.2, 0) is 13.2 Å². The molecule has 2 rings (SSSR count). The van der Waals surface area contributed by atoms with Crippen molar-refractivity contribution in [2.75, 3.05) is 13.7 Å². The standard InChI is InChI=1S/C18H21Cl2NO3/c1-12(22)9-21-10-14-7-16(20)18(17(8-14)23-2)24-11-13-4-3-5-15(19)6-13/h3-8,12,21-22H,9-11H2,1-2H3/t12-/m1/s1. The zero-order valence-electron chi connectivity index (χ0n) is 13.7. The van der Waals surface area contributed by atoms with E-state index in [0.29, 0.717) is 41.2 Å². The van der Waals surface area contributed by atoms with Crippen LogP contribution in [0.25, 0.3) is 0 Å². The smallest absolute Gasteiger partial charge is 0.180 e. The first-order valence-electron chi connectivity index (χ1n) is 7.62. The molecule has 0 bridgehead atoms. The van der Waals surface area contributed by atoms with Gasteiger partial charge in [-0.15, -0.1) is 0 Å². The number of hydrogen-bond donors (Lipinski definition) is 2. The maximum atomic E-state index is 9.28. The molecule has 2 aromatic rings. The summed E-state index contributed by atoms with van der Waals surface area (Å²) < 4.78 is 11.2. The monoisotopic (exact) mass is 369 g/mol. The first kappa shape index (κ1) is 18.9. The molecule has 0 saturated heterocycles. The van der Waals surface area contributed by atoms with Crippen LogP contribution in [0, 0.1) is 0 Å². The fourth-order valence-corrected chi connectivity index (χ4v) is 2.72. The fourth-order valence-electron chi connectivity index (χ4n) is 2.22. The van der Waals surface area contributed by atoms with Crippen molar-refractivity contribution < 1.29 is 14.6 Å². The lowest BCUT2D eigenvalue weighted by atomic mass is 10.2. The molecule has 24 heavy (non-hydrogen) atoms. The Morgan fingerprint density at radius 3 is 2.62 bits per heavy atom. The fraction of sp³-hybridized carbons (Fsp3) is 0.333. The highest BCUT2D eigenvalue weighted by atomic mass is 35.5. The molecule has 0 aromatic heterocycles. The summed E-state index contributed by atoms with van der Waals surface area (Å²) in [6.45, 7) is 3.16. The molecule has 0 aliphatic carbocycles. The molecule has 0 aliphatic rings. The molecule has 2 N–H and O–H groups in total. The van der Waals surface area contributed by atoms with Crippen LogP contribution in [0.15, 0.2) is 36.4 Å². The zero-order valence-corrected chi connectivity index (χ0v) is 15.2. The second kappa shape index (κ2) is 9.14. The highest BCUT2D eigenvalue weighted by molar-refractivity contribution is 6.32. The van der Waals surface area contributed by atoms with Crippen LogP contribution in [0.1, 0.15) is 18.1 Å². The van der Waals surface area contributed by atoms with Crippen LogP contribution < -0.4 is 14.8 Å². The molecule has 0 aliphatic heterocycles. The van der Waals surface area contributed by atoms with Gasteiger partial charge in [-0.25, -0.2) is 0 Å². The number of halogens is 2. The van der Waals surface area contributed by atoms with E-state index in [1.807, 2.05) is 36.4 Å². The summed E-state index contributed by atoms with van der Waals surface area (Å²) in [6, 6.07) is 11.2. The summed E-state index contributed by atoms with van der Waals surface area (Å²) in [5.41, 5.74) is 1.90. The molecule has 0 saturated carbocycles. The Kier molecular flexibility index (Phi) is 7.18. The van der Waals surface area contributed by atoms with Crippen LogP contribution in [0.2, 0.25) is 10.0 Å². The van der Waals surface area contributed by atoms with E-state index in [-0.39, 0.29) is 0 Å². The van der Waals surface area contributed by atoms with Crippen LogP contribution in [0.4, 0.5) is 0 Å². The Labute approximate surface area is 152 Å². The van der Waals surface area contributed by atoms with Crippen molar-refractivity contribution in [1.29, 1.82) is 0 Å². The van der Waals surface area contributed by atoms with Gasteiger partial charge in [0.1, 0.15) is 6.61 Å². The number of aliphatic hydroxyl groups is 1. The molecule has 130 valence electrons. The van der Waals surface area contributed by atoms with Gasteiger partial charge in [-0.1, -0.05) is 35.3 Å². The largest absolute Gasteiger partial charge is 0.493 e. The summed E-state index contributed by atoms with van der Waals surface area (Å²) >= 11 is 12.3. The average Bonchev–Trinajstić information content (AvgIpc) is 2.53. The number of ether oxygens (including phenoxy) is 2. The molecular weight excluding hydrogens is 349 g/mol. The first-order chi connectivity index (χ1) is 11.5. The second-order valence-electron chi connectivity index (χ2n) is 5.51. The molecule has 1 atom stereocenters. The molecule has 0 heterocycles. The Morgan fingerprint density at radius 1 is 1.17 bits per heavy atom. The van der Waals surface area contributed by atoms with Gasteiger partial charge in [-0.3, -0.25) is 0 Å². The van der Waals surface area contributed by atoms with E-state index in [1.165, 1.54) is 0 Å². The Morgan fingerprint density at radius 2 is 1.96 bits per heavy atom. The van der Waals surface area contributed by atoms with Gasteiger partial charge in [0.15, 0.2) is 11.5 Å². The zero-order chi connectivity index (χ0) is 17.5. The molecule has 0 unspecified atom stereocenters. The summed E-state index contributed by atoms with van der Waals surface area (Å²) in [6.07, 6.45) is -0.400. The number of nitrogens with one attached hydrogen (secondary N) is 1. The van der Waals surface area contributed by atoms with Gasteiger partial charge in [-0.05, 0) is 42.3 Å². The molecule has 2 aromatic carbocycles. The molecule has 4 nitrogen and oxygen atoms in total. The molecule has 0 amide bonds. The third-order valence-corrected chi connectivity index (χ3v) is 3.85. The van der Waals surface area contributed by atoms with Gasteiger partial charge in [0.05, 0.1) is 18.2 Å². The number of aliphatic hydroxyl groups excluding tert-OH is 1. The van der Waals surface area contributed by atoms with E-state index >= 15 is 0 Å². The van der Waals surface area contributed by atoms with Gasteiger partial charge in [-0.2, -0.15) is 0 Å². The lowest BCUT2D eigenvalue weighted by Gasteiger charge is -2.15. The first-order valence-corrected chi connectivity index (χ1v) is 8.37. The summed E-state index contributed by atoms with van der Waals surface area (Å²) in [7, 11) is 1.57. The molecular formula is C18H21Cl2NO3. The van der Waals surface area contributed by atoms with Gasteiger partial charge in [0, 0.05) is 18.1 Å². The maximum absolute atomic E-state index is 9.28. The van der Waals surface area contributed by atoms with Crippen molar-refractivity contribution in [3.05, 3.63) is 57.6 Å². The van der Waals surface area contributed by atoms with E-state index in [9.17, 15) is 5.11 Å². The highest BCUT2D eigenvalue weighted by Gasteiger charge is 2.12. The predicted octanol–water partition coefficient (Wildman–Crippen LogP) is 4.05. The minimum Gasteiger partial charge on any atom is -0.493 e. The summed E-state index contributed by atoms with van der Waals surface area (Å²) in [4.78, 5) is 0. The quantitative estimate of drug-likeness (QED) is 0.736. The number of rotatable bonds is 8. The van der Waals surface area contributed by atoms with Crippen molar-refractivity contribution in [1.82, 2.24) is 5.32 Å². The van der Waals surface area contributed by atoms with Gasteiger partial charge in [0.25, 0.3) is 0 Å². The van der Waals surface area contributed by atoms with Crippen LogP contribution in [-0.4, -0.2) is 24.9 Å². The third kappa shape index (κ3) is 5.56. The number of hydrogen-bond acceptors (Lipinski definition) is 4. The molecule has 0 spiro atoms. The van der Waals surface area contributed by atoms with Crippen molar-refractivity contribution in [3.63, 3.8) is 0 Å². The Hall–Kier alpha value is -1.46. The SMILES string of the molecule is COc1cc(CNC[C@@H](C)O)cc(Cl)c1OCc1cccc(Cl)c1. The van der Waals surface area contributed by atoms with Gasteiger partial charge < -0.3 is 19.9 Å². The van der Waals surface area contributed by atoms with Gasteiger partial charge >= 0.3 is 0 Å². The van der Waals surface area contributed by atoms with Crippen molar-refractivity contribution >= 4 is 23.2 Å². The van der Waals surface area contributed by atoms with E-state index in [2.05, 4.69) is 5.32 Å². The second-order valence-corrected chi connectivity index (χ2v) is 6.35. The average molecular weight is 370 g/mol. The van der Waals surface area contributed by atoms with Crippen LogP contribution in [0.5, 0.6) is 11.5 Å². The normalized spacial score (nSPS) is 12.0. The molecule has 0 radical (unpaired) electrons. The Bertz CT molecular complexity index is 677. The summed E-state index contributed by atoms with van der Waals surface area (Å²) in [5.74, 6) is 1.07. The van der Waals surface area contributed by atoms with E-state index in [0.717, 1.165) is 11.1 Å². The minimum absolute atomic E-state index is 0.344. The maximum Gasteiger partial charge on any atom is 0.180 e. The molecule has 6 heteroatoms. The number of methoxy groups -OCH3 is 1. The van der Waals surface area contributed by atoms with Crippen LogP contribution >= 0.6 is 23.2 Å². The topological polar surface area (TPSA) is 50.7 Å².